The topological polar surface area (TPSA) is 57.0 Å². The van der Waals surface area contributed by atoms with E-state index in [-0.39, 0.29) is 5.82 Å². The van der Waals surface area contributed by atoms with Gasteiger partial charge in [-0.2, -0.15) is 22.0 Å². The number of halogens is 5. The zero-order chi connectivity index (χ0) is 25.4. The Morgan fingerprint density at radius 3 is 2.34 bits per heavy atom. The summed E-state index contributed by atoms with van der Waals surface area (Å²) in [6, 6.07) is 10.2. The van der Waals surface area contributed by atoms with Crippen LogP contribution in [-0.4, -0.2) is 39.0 Å². The molecule has 0 atom stereocenters. The third-order valence-corrected chi connectivity index (χ3v) is 6.53. The van der Waals surface area contributed by atoms with Crippen molar-refractivity contribution < 1.29 is 26.7 Å². The molecule has 0 amide bonds. The van der Waals surface area contributed by atoms with E-state index in [0.717, 1.165) is 26.8 Å². The fourth-order valence-corrected chi connectivity index (χ4v) is 4.29. The molecule has 2 aromatic heterocycles. The van der Waals surface area contributed by atoms with Gasteiger partial charge in [-0.3, -0.25) is 14.3 Å². The normalized spacial score (nSPS) is 14.3. The fourth-order valence-electron chi connectivity index (χ4n) is 3.49. The first kappa shape index (κ1) is 25.2. The quantitative estimate of drug-likeness (QED) is 0.271. The van der Waals surface area contributed by atoms with E-state index in [1.807, 2.05) is 25.1 Å². The minimum absolute atomic E-state index is 0.136. The molecule has 0 saturated heterocycles. The number of ether oxygens (including phenoxy) is 1. The predicted molar refractivity (Wildman–Crippen MR) is 123 cm³/mol. The van der Waals surface area contributed by atoms with Crippen LogP contribution in [0, 0.1) is 0 Å². The molecule has 4 rings (SSSR count). The molecule has 1 aliphatic rings. The molecule has 186 valence electrons. The summed E-state index contributed by atoms with van der Waals surface area (Å²) < 4.78 is 69.1. The van der Waals surface area contributed by atoms with Gasteiger partial charge in [0.2, 0.25) is 5.75 Å². The Kier molecular flexibility index (Phi) is 6.90. The molecular formula is C24H22F5N3O2S. The van der Waals surface area contributed by atoms with E-state index in [2.05, 4.69) is 26.8 Å². The lowest BCUT2D eigenvalue weighted by atomic mass is 10.0. The molecule has 1 saturated carbocycles. The van der Waals surface area contributed by atoms with Crippen molar-refractivity contribution in [2.24, 2.45) is 7.05 Å². The lowest BCUT2D eigenvalue weighted by Crippen LogP contribution is -2.42. The summed E-state index contributed by atoms with van der Waals surface area (Å²) in [7, 11) is 1.33. The van der Waals surface area contributed by atoms with Crippen molar-refractivity contribution >= 4 is 11.8 Å². The molecule has 0 radical (unpaired) electrons. The summed E-state index contributed by atoms with van der Waals surface area (Å²) >= 11 is 1.49. The molecule has 0 aliphatic heterocycles. The van der Waals surface area contributed by atoms with Gasteiger partial charge >= 0.3 is 12.1 Å². The summed E-state index contributed by atoms with van der Waals surface area (Å²) in [6.45, 7) is -0.0635. The predicted octanol–water partition coefficient (Wildman–Crippen LogP) is 6.08. The number of nitrogens with zero attached hydrogens (tertiary/aromatic N) is 3. The zero-order valence-corrected chi connectivity index (χ0v) is 19.7. The maximum atomic E-state index is 13.2. The number of alkyl halides is 5. The van der Waals surface area contributed by atoms with E-state index in [1.165, 1.54) is 37.2 Å². The van der Waals surface area contributed by atoms with Crippen LogP contribution in [0.1, 0.15) is 31.2 Å². The first-order valence-electron chi connectivity index (χ1n) is 10.9. The average Bonchev–Trinajstić information content (AvgIpc) is 3.66. The van der Waals surface area contributed by atoms with Crippen LogP contribution < -0.4 is 10.3 Å². The van der Waals surface area contributed by atoms with Crippen LogP contribution in [0.5, 0.6) is 5.75 Å². The van der Waals surface area contributed by atoms with Gasteiger partial charge in [0.15, 0.2) is 12.4 Å². The minimum Gasteiger partial charge on any atom is -0.480 e. The standard InChI is InChI=1S/C24H22F5N3O2S/c1-3-35-19-10-17(16-8-6-15(7-9-16)14-4-5-14)11-30-20(19)21-31-12-18(22(33)32(21)2)34-13-23(25,26)24(27,28)29/h6-12,14H,3-5,13H2,1-2H3. The van der Waals surface area contributed by atoms with Crippen molar-refractivity contribution in [3.05, 3.63) is 58.6 Å². The maximum absolute atomic E-state index is 13.2. The SMILES string of the molecule is CCSc1cc(-c2ccc(C3CC3)cc2)cnc1-c1ncc(OCC(F)(F)C(F)(F)F)c(=O)n1C. The van der Waals surface area contributed by atoms with E-state index in [4.69, 9.17) is 0 Å². The van der Waals surface area contributed by atoms with Crippen LogP contribution in [0.4, 0.5) is 22.0 Å². The van der Waals surface area contributed by atoms with Gasteiger partial charge in [-0.25, -0.2) is 4.98 Å². The summed E-state index contributed by atoms with van der Waals surface area (Å²) in [4.78, 5) is 22.0. The molecule has 1 aliphatic carbocycles. The Balaban J connectivity index is 1.63. The Bertz CT molecular complexity index is 1270. The summed E-state index contributed by atoms with van der Waals surface area (Å²) in [5, 5.41) is 0. The maximum Gasteiger partial charge on any atom is 0.456 e. The van der Waals surface area contributed by atoms with Crippen LogP contribution in [0.2, 0.25) is 0 Å². The highest BCUT2D eigenvalue weighted by molar-refractivity contribution is 7.99. The smallest absolute Gasteiger partial charge is 0.456 e. The fraction of sp³-hybridized carbons (Fsp3) is 0.375. The Morgan fingerprint density at radius 1 is 1.06 bits per heavy atom. The Labute approximate surface area is 202 Å². The van der Waals surface area contributed by atoms with Gasteiger partial charge in [0.1, 0.15) is 5.69 Å². The monoisotopic (exact) mass is 511 g/mol. The molecule has 0 N–H and O–H groups in total. The second-order valence-electron chi connectivity index (χ2n) is 8.20. The van der Waals surface area contributed by atoms with Gasteiger partial charge in [-0.15, -0.1) is 11.8 Å². The van der Waals surface area contributed by atoms with Crippen LogP contribution in [0.15, 0.2) is 52.4 Å². The van der Waals surface area contributed by atoms with Gasteiger partial charge in [0, 0.05) is 23.7 Å². The van der Waals surface area contributed by atoms with Gasteiger partial charge in [0.05, 0.1) is 6.20 Å². The molecule has 3 aromatic rings. The van der Waals surface area contributed by atoms with Crippen molar-refractivity contribution in [1.82, 2.24) is 14.5 Å². The minimum atomic E-state index is -5.79. The summed E-state index contributed by atoms with van der Waals surface area (Å²) in [5.74, 6) is -4.32. The van der Waals surface area contributed by atoms with Crippen molar-refractivity contribution in [3.8, 4) is 28.4 Å². The van der Waals surface area contributed by atoms with Crippen molar-refractivity contribution in [2.75, 3.05) is 12.4 Å². The number of pyridine rings is 1. The van der Waals surface area contributed by atoms with E-state index in [1.54, 1.807) is 6.20 Å². The Hall–Kier alpha value is -2.95. The molecule has 11 heteroatoms. The van der Waals surface area contributed by atoms with E-state index in [9.17, 15) is 26.7 Å². The summed E-state index contributed by atoms with van der Waals surface area (Å²) in [6.07, 6.45) is -0.861. The average molecular weight is 512 g/mol. The van der Waals surface area contributed by atoms with Gasteiger partial charge in [-0.1, -0.05) is 31.2 Å². The zero-order valence-electron chi connectivity index (χ0n) is 18.9. The van der Waals surface area contributed by atoms with Gasteiger partial charge in [0.25, 0.3) is 5.56 Å². The molecule has 1 aromatic carbocycles. The number of hydrogen-bond donors (Lipinski definition) is 0. The second kappa shape index (κ2) is 9.60. The highest BCUT2D eigenvalue weighted by Crippen LogP contribution is 2.41. The third-order valence-electron chi connectivity index (χ3n) is 5.62. The van der Waals surface area contributed by atoms with Crippen molar-refractivity contribution in [1.29, 1.82) is 0 Å². The first-order valence-corrected chi connectivity index (χ1v) is 11.9. The second-order valence-corrected chi connectivity index (χ2v) is 9.51. The molecule has 2 heterocycles. The van der Waals surface area contributed by atoms with Crippen LogP contribution in [-0.2, 0) is 7.05 Å². The third kappa shape index (κ3) is 5.34. The van der Waals surface area contributed by atoms with Gasteiger partial charge < -0.3 is 4.74 Å². The molecule has 0 spiro atoms. The number of rotatable bonds is 8. The highest BCUT2D eigenvalue weighted by atomic mass is 32.2. The molecule has 5 nitrogen and oxygen atoms in total. The van der Waals surface area contributed by atoms with Crippen molar-refractivity contribution in [3.63, 3.8) is 0 Å². The number of hydrogen-bond acceptors (Lipinski definition) is 5. The molecule has 35 heavy (non-hydrogen) atoms. The van der Waals surface area contributed by atoms with E-state index in [0.29, 0.717) is 17.4 Å². The van der Waals surface area contributed by atoms with Crippen LogP contribution in [0.3, 0.4) is 0 Å². The van der Waals surface area contributed by atoms with E-state index < -0.39 is 30.0 Å². The largest absolute Gasteiger partial charge is 0.480 e. The summed E-state index contributed by atoms with van der Waals surface area (Å²) in [5.41, 5.74) is 2.67. The number of benzene rings is 1. The molecular weight excluding hydrogens is 489 g/mol. The highest BCUT2D eigenvalue weighted by Gasteiger charge is 2.58. The molecule has 0 bridgehead atoms. The van der Waals surface area contributed by atoms with Crippen LogP contribution in [0.25, 0.3) is 22.6 Å². The van der Waals surface area contributed by atoms with Gasteiger partial charge in [-0.05, 0) is 41.7 Å². The lowest BCUT2D eigenvalue weighted by Gasteiger charge is -2.19. The molecule has 0 unspecified atom stereocenters. The number of thioether (sulfide) groups is 1. The van der Waals surface area contributed by atoms with Crippen LogP contribution >= 0.6 is 11.8 Å². The first-order chi connectivity index (χ1) is 16.5. The Morgan fingerprint density at radius 2 is 1.74 bits per heavy atom. The lowest BCUT2D eigenvalue weighted by molar-refractivity contribution is -0.290. The van der Waals surface area contributed by atoms with E-state index >= 15 is 0 Å². The molecule has 1 fully saturated rings. The van der Waals surface area contributed by atoms with Crippen molar-refractivity contribution in [2.45, 2.75) is 42.7 Å². The number of aromatic nitrogens is 3.